The lowest BCUT2D eigenvalue weighted by Crippen LogP contribution is -2.20. The lowest BCUT2D eigenvalue weighted by molar-refractivity contribution is -0.118. The monoisotopic (exact) mass is 353 g/mol. The van der Waals surface area contributed by atoms with Crippen LogP contribution >= 0.6 is 0 Å². The predicted molar refractivity (Wildman–Crippen MR) is 95.4 cm³/mol. The average molecular weight is 353 g/mol. The Morgan fingerprint density at radius 2 is 1.77 bits per heavy atom. The topological polar surface area (TPSA) is 73.2 Å². The summed E-state index contributed by atoms with van der Waals surface area (Å²) in [5.74, 6) is -0.283. The number of amides is 1. The highest BCUT2D eigenvalue weighted by molar-refractivity contribution is 5.92. The number of carbonyl (C=O) groups is 1. The maximum atomic E-state index is 12.8. The van der Waals surface area contributed by atoms with Gasteiger partial charge in [0.15, 0.2) is 6.61 Å². The molecule has 0 aliphatic carbocycles. The number of nitrogens with zero attached hydrogens (tertiary/aromatic N) is 2. The summed E-state index contributed by atoms with van der Waals surface area (Å²) in [5, 5.41) is 6.88. The van der Waals surface area contributed by atoms with Crippen molar-refractivity contribution in [3.8, 4) is 17.0 Å². The molecule has 1 heterocycles. The van der Waals surface area contributed by atoms with E-state index in [-0.39, 0.29) is 23.9 Å². The molecule has 0 saturated heterocycles. The Hall–Kier alpha value is -3.48. The third kappa shape index (κ3) is 4.32. The molecule has 1 N–H and O–H groups in total. The second-order valence-electron chi connectivity index (χ2n) is 5.55. The third-order valence-electron chi connectivity index (χ3n) is 3.61. The number of hydrogen-bond donors (Lipinski definition) is 1. The van der Waals surface area contributed by atoms with E-state index in [1.165, 1.54) is 35.0 Å². The standard InChI is InChI=1S/C19H16FN3O3/c1-23-19(25)11-10-17(22-23)13-2-6-15(7-3-13)21-18(24)12-26-16-8-4-14(20)5-9-16/h2-11H,12H2,1H3,(H,21,24). The van der Waals surface area contributed by atoms with Crippen LogP contribution in [0.1, 0.15) is 0 Å². The molecule has 0 bridgehead atoms. The van der Waals surface area contributed by atoms with Gasteiger partial charge in [-0.05, 0) is 42.5 Å². The highest BCUT2D eigenvalue weighted by Crippen LogP contribution is 2.18. The molecule has 0 radical (unpaired) electrons. The van der Waals surface area contributed by atoms with Gasteiger partial charge in [-0.2, -0.15) is 5.10 Å². The predicted octanol–water partition coefficient (Wildman–Crippen LogP) is 2.60. The minimum Gasteiger partial charge on any atom is -0.484 e. The number of carbonyl (C=O) groups excluding carboxylic acids is 1. The van der Waals surface area contributed by atoms with Crippen LogP contribution in [0.3, 0.4) is 0 Å². The second kappa shape index (κ2) is 7.60. The molecular weight excluding hydrogens is 337 g/mol. The van der Waals surface area contributed by atoms with Gasteiger partial charge >= 0.3 is 0 Å². The summed E-state index contributed by atoms with van der Waals surface area (Å²) in [5.41, 5.74) is 1.90. The molecule has 0 fully saturated rings. The van der Waals surface area contributed by atoms with Crippen molar-refractivity contribution in [3.63, 3.8) is 0 Å². The fraction of sp³-hybridized carbons (Fsp3) is 0.105. The van der Waals surface area contributed by atoms with Gasteiger partial charge in [0.1, 0.15) is 11.6 Å². The van der Waals surface area contributed by atoms with Gasteiger partial charge in [0.25, 0.3) is 11.5 Å². The molecule has 2 aromatic carbocycles. The molecule has 0 atom stereocenters. The summed E-state index contributed by atoms with van der Waals surface area (Å²) in [6.07, 6.45) is 0. The van der Waals surface area contributed by atoms with Crippen molar-refractivity contribution >= 4 is 11.6 Å². The zero-order valence-electron chi connectivity index (χ0n) is 14.0. The average Bonchev–Trinajstić information content (AvgIpc) is 2.64. The molecule has 0 aliphatic rings. The molecule has 0 spiro atoms. The van der Waals surface area contributed by atoms with Gasteiger partial charge in [-0.3, -0.25) is 9.59 Å². The minimum absolute atomic E-state index is 0.182. The molecule has 6 nitrogen and oxygen atoms in total. The molecule has 0 unspecified atom stereocenters. The van der Waals surface area contributed by atoms with E-state index in [4.69, 9.17) is 4.74 Å². The first-order valence-corrected chi connectivity index (χ1v) is 7.84. The van der Waals surface area contributed by atoms with Crippen LogP contribution in [-0.2, 0) is 11.8 Å². The molecule has 132 valence electrons. The normalized spacial score (nSPS) is 10.4. The Balaban J connectivity index is 1.59. The van der Waals surface area contributed by atoms with Crippen LogP contribution in [0.15, 0.2) is 65.5 Å². The van der Waals surface area contributed by atoms with Crippen molar-refractivity contribution < 1.29 is 13.9 Å². The van der Waals surface area contributed by atoms with E-state index in [0.717, 1.165) is 5.56 Å². The van der Waals surface area contributed by atoms with Crippen LogP contribution in [0.2, 0.25) is 0 Å². The van der Waals surface area contributed by atoms with E-state index in [9.17, 15) is 14.0 Å². The SMILES string of the molecule is Cn1nc(-c2ccc(NC(=O)COc3ccc(F)cc3)cc2)ccc1=O. The number of halogens is 1. The largest absolute Gasteiger partial charge is 0.484 e. The number of nitrogens with one attached hydrogen (secondary N) is 1. The first-order chi connectivity index (χ1) is 12.5. The van der Waals surface area contributed by atoms with Gasteiger partial charge < -0.3 is 10.1 Å². The van der Waals surface area contributed by atoms with Crippen molar-refractivity contribution in [2.45, 2.75) is 0 Å². The zero-order valence-corrected chi connectivity index (χ0v) is 14.0. The number of anilines is 1. The maximum Gasteiger partial charge on any atom is 0.266 e. The summed E-state index contributed by atoms with van der Waals surface area (Å²) < 4.78 is 19.4. The number of ether oxygens (including phenoxy) is 1. The molecule has 3 rings (SSSR count). The van der Waals surface area contributed by atoms with Crippen LogP contribution in [0.4, 0.5) is 10.1 Å². The smallest absolute Gasteiger partial charge is 0.266 e. The van der Waals surface area contributed by atoms with E-state index in [1.807, 2.05) is 0 Å². The van der Waals surface area contributed by atoms with E-state index in [2.05, 4.69) is 10.4 Å². The van der Waals surface area contributed by atoms with Crippen molar-refractivity contribution in [2.24, 2.45) is 7.05 Å². The van der Waals surface area contributed by atoms with Gasteiger partial charge in [-0.25, -0.2) is 9.07 Å². The Morgan fingerprint density at radius 1 is 1.08 bits per heavy atom. The summed E-state index contributed by atoms with van der Waals surface area (Å²) in [7, 11) is 1.58. The Labute approximate surface area is 148 Å². The molecule has 26 heavy (non-hydrogen) atoms. The molecule has 0 saturated carbocycles. The maximum absolute atomic E-state index is 12.8. The first kappa shape index (κ1) is 17.3. The van der Waals surface area contributed by atoms with Crippen LogP contribution < -0.4 is 15.6 Å². The highest BCUT2D eigenvalue weighted by atomic mass is 19.1. The zero-order chi connectivity index (χ0) is 18.5. The van der Waals surface area contributed by atoms with Gasteiger partial charge in [0.05, 0.1) is 5.69 Å². The number of hydrogen-bond acceptors (Lipinski definition) is 4. The Kier molecular flexibility index (Phi) is 5.07. The second-order valence-corrected chi connectivity index (χ2v) is 5.55. The minimum atomic E-state index is -0.366. The quantitative estimate of drug-likeness (QED) is 0.765. The molecule has 1 aromatic heterocycles. The first-order valence-electron chi connectivity index (χ1n) is 7.84. The molecule has 0 aliphatic heterocycles. The van der Waals surface area contributed by atoms with Crippen molar-refractivity contribution in [2.75, 3.05) is 11.9 Å². The van der Waals surface area contributed by atoms with Gasteiger partial charge in [0.2, 0.25) is 0 Å². The van der Waals surface area contributed by atoms with Crippen LogP contribution in [0, 0.1) is 5.82 Å². The summed E-state index contributed by atoms with van der Waals surface area (Å²) in [6, 6.07) is 15.6. The van der Waals surface area contributed by atoms with Crippen LogP contribution in [0.5, 0.6) is 5.75 Å². The fourth-order valence-corrected chi connectivity index (χ4v) is 2.26. The Morgan fingerprint density at radius 3 is 2.42 bits per heavy atom. The molecule has 7 heteroatoms. The van der Waals surface area contributed by atoms with Crippen LogP contribution in [-0.4, -0.2) is 22.3 Å². The summed E-state index contributed by atoms with van der Waals surface area (Å²) in [6.45, 7) is -0.185. The van der Waals surface area contributed by atoms with Crippen molar-refractivity contribution in [1.29, 1.82) is 0 Å². The van der Waals surface area contributed by atoms with Crippen molar-refractivity contribution in [3.05, 3.63) is 76.8 Å². The third-order valence-corrected chi connectivity index (χ3v) is 3.61. The van der Waals surface area contributed by atoms with Gasteiger partial charge in [0, 0.05) is 24.4 Å². The van der Waals surface area contributed by atoms with E-state index in [1.54, 1.807) is 37.4 Å². The van der Waals surface area contributed by atoms with Gasteiger partial charge in [-0.1, -0.05) is 12.1 Å². The number of aryl methyl sites for hydroxylation is 1. The highest BCUT2D eigenvalue weighted by Gasteiger charge is 2.06. The number of rotatable bonds is 5. The number of benzene rings is 2. The van der Waals surface area contributed by atoms with Crippen molar-refractivity contribution in [1.82, 2.24) is 9.78 Å². The molecule has 1 amide bonds. The fourth-order valence-electron chi connectivity index (χ4n) is 2.26. The summed E-state index contributed by atoms with van der Waals surface area (Å²) in [4.78, 5) is 23.3. The van der Waals surface area contributed by atoms with E-state index in [0.29, 0.717) is 17.1 Å². The van der Waals surface area contributed by atoms with Crippen LogP contribution in [0.25, 0.3) is 11.3 Å². The summed E-state index contributed by atoms with van der Waals surface area (Å²) >= 11 is 0. The van der Waals surface area contributed by atoms with Gasteiger partial charge in [-0.15, -0.1) is 0 Å². The van der Waals surface area contributed by atoms with E-state index >= 15 is 0 Å². The van der Waals surface area contributed by atoms with E-state index < -0.39 is 0 Å². The lowest BCUT2D eigenvalue weighted by Gasteiger charge is -2.08. The molecule has 3 aromatic rings. The molecular formula is C19H16FN3O3. The lowest BCUT2D eigenvalue weighted by atomic mass is 10.1. The Bertz CT molecular complexity index is 967. The number of aromatic nitrogens is 2.